The number of esters is 1. The molecule has 0 aliphatic carbocycles. The Bertz CT molecular complexity index is 224. The molecule has 1 rings (SSSR count). The van der Waals surface area contributed by atoms with Gasteiger partial charge in [0.15, 0.2) is 0 Å². The van der Waals surface area contributed by atoms with E-state index in [9.17, 15) is 15.0 Å². The molecule has 0 aromatic heterocycles. The van der Waals surface area contributed by atoms with Gasteiger partial charge in [-0.1, -0.05) is 19.8 Å². The minimum Gasteiger partial charge on any atom is -0.468 e. The molecule has 0 aromatic carbocycles. The van der Waals surface area contributed by atoms with E-state index in [0.717, 1.165) is 12.8 Å². The largest absolute Gasteiger partial charge is 0.468 e. The standard InChI is InChI=1S/C11H21NO4/c1-3-4-5-8(11(15)16-2)12-6-9(13)10(14)7-12/h8-10,13-14H,3-7H2,1-2H3. The van der Waals surface area contributed by atoms with Crippen LogP contribution in [0.15, 0.2) is 0 Å². The van der Waals surface area contributed by atoms with Crippen LogP contribution in [0.2, 0.25) is 0 Å². The fourth-order valence-electron chi connectivity index (χ4n) is 2.04. The summed E-state index contributed by atoms with van der Waals surface area (Å²) in [5, 5.41) is 18.9. The van der Waals surface area contributed by atoms with Crippen molar-refractivity contribution in [2.45, 2.75) is 44.4 Å². The molecular formula is C11H21NO4. The van der Waals surface area contributed by atoms with Gasteiger partial charge in [0.25, 0.3) is 0 Å². The number of unbranched alkanes of at least 4 members (excludes halogenated alkanes) is 1. The van der Waals surface area contributed by atoms with Crippen molar-refractivity contribution in [2.24, 2.45) is 0 Å². The molecule has 5 nitrogen and oxygen atoms in total. The van der Waals surface area contributed by atoms with Gasteiger partial charge in [0.1, 0.15) is 6.04 Å². The van der Waals surface area contributed by atoms with Crippen LogP contribution in [-0.2, 0) is 9.53 Å². The normalized spacial score (nSPS) is 28.0. The van der Waals surface area contributed by atoms with Crippen molar-refractivity contribution in [2.75, 3.05) is 20.2 Å². The zero-order valence-corrected chi connectivity index (χ0v) is 9.93. The summed E-state index contributed by atoms with van der Waals surface area (Å²) >= 11 is 0. The van der Waals surface area contributed by atoms with E-state index in [0.29, 0.717) is 19.5 Å². The second-order valence-corrected chi connectivity index (χ2v) is 4.27. The molecule has 0 aromatic rings. The molecule has 1 aliphatic rings. The molecule has 1 heterocycles. The number of rotatable bonds is 5. The van der Waals surface area contributed by atoms with Crippen LogP contribution in [0.4, 0.5) is 0 Å². The molecule has 1 fully saturated rings. The first-order valence-electron chi connectivity index (χ1n) is 5.78. The lowest BCUT2D eigenvalue weighted by Gasteiger charge is -2.24. The van der Waals surface area contributed by atoms with Crippen LogP contribution in [0, 0.1) is 0 Å². The lowest BCUT2D eigenvalue weighted by atomic mass is 10.1. The van der Waals surface area contributed by atoms with Crippen molar-refractivity contribution in [3.05, 3.63) is 0 Å². The van der Waals surface area contributed by atoms with Crippen molar-refractivity contribution in [3.8, 4) is 0 Å². The fourth-order valence-corrected chi connectivity index (χ4v) is 2.04. The Balaban J connectivity index is 2.58. The smallest absolute Gasteiger partial charge is 0.323 e. The summed E-state index contributed by atoms with van der Waals surface area (Å²) in [6, 6.07) is -0.336. The SMILES string of the molecule is CCCCC(C(=O)OC)N1CC(O)C(O)C1. The summed E-state index contributed by atoms with van der Waals surface area (Å²) < 4.78 is 4.75. The third-order valence-corrected chi connectivity index (χ3v) is 3.03. The van der Waals surface area contributed by atoms with Crippen LogP contribution in [0.3, 0.4) is 0 Å². The molecule has 0 amide bonds. The van der Waals surface area contributed by atoms with Crippen LogP contribution in [0.25, 0.3) is 0 Å². The van der Waals surface area contributed by atoms with Crippen molar-refractivity contribution >= 4 is 5.97 Å². The molecule has 0 bridgehead atoms. The van der Waals surface area contributed by atoms with Crippen LogP contribution in [0.1, 0.15) is 26.2 Å². The van der Waals surface area contributed by atoms with Crippen molar-refractivity contribution in [3.63, 3.8) is 0 Å². The van der Waals surface area contributed by atoms with E-state index in [1.54, 1.807) is 4.90 Å². The molecule has 5 heteroatoms. The molecule has 0 radical (unpaired) electrons. The number of nitrogens with zero attached hydrogens (tertiary/aromatic N) is 1. The molecule has 94 valence electrons. The zero-order chi connectivity index (χ0) is 12.1. The van der Waals surface area contributed by atoms with Gasteiger partial charge in [-0.15, -0.1) is 0 Å². The maximum absolute atomic E-state index is 11.6. The third kappa shape index (κ3) is 3.17. The molecule has 2 N–H and O–H groups in total. The number of β-amino-alcohol motifs (C(OH)–C–C–N with tert-alkyl or cyclic N) is 2. The number of likely N-dealkylation sites (tertiary alicyclic amines) is 1. The number of carbonyl (C=O) groups is 1. The summed E-state index contributed by atoms with van der Waals surface area (Å²) in [4.78, 5) is 13.4. The van der Waals surface area contributed by atoms with Crippen molar-refractivity contribution in [1.82, 2.24) is 4.90 Å². The van der Waals surface area contributed by atoms with E-state index >= 15 is 0 Å². The second-order valence-electron chi connectivity index (χ2n) is 4.27. The Labute approximate surface area is 96.0 Å². The van der Waals surface area contributed by atoms with Gasteiger partial charge in [-0.05, 0) is 6.42 Å². The lowest BCUT2D eigenvalue weighted by molar-refractivity contribution is -0.147. The van der Waals surface area contributed by atoms with E-state index in [-0.39, 0.29) is 12.0 Å². The minimum absolute atomic E-state index is 0.283. The predicted molar refractivity (Wildman–Crippen MR) is 58.9 cm³/mol. The molecule has 0 saturated carbocycles. The first kappa shape index (κ1) is 13.4. The van der Waals surface area contributed by atoms with Gasteiger partial charge in [-0.2, -0.15) is 0 Å². The number of carbonyl (C=O) groups excluding carboxylic acids is 1. The highest BCUT2D eigenvalue weighted by Gasteiger charge is 2.36. The maximum Gasteiger partial charge on any atom is 0.323 e. The number of ether oxygens (including phenoxy) is 1. The Morgan fingerprint density at radius 1 is 1.44 bits per heavy atom. The molecule has 16 heavy (non-hydrogen) atoms. The van der Waals surface area contributed by atoms with Gasteiger partial charge in [0.05, 0.1) is 19.3 Å². The fraction of sp³-hybridized carbons (Fsp3) is 0.909. The molecule has 0 spiro atoms. The Kier molecular flexibility index (Phi) is 5.18. The summed E-state index contributed by atoms with van der Waals surface area (Å²) in [5.41, 5.74) is 0. The van der Waals surface area contributed by atoms with E-state index in [4.69, 9.17) is 4.74 Å². The van der Waals surface area contributed by atoms with Crippen LogP contribution < -0.4 is 0 Å². The van der Waals surface area contributed by atoms with Crippen molar-refractivity contribution in [1.29, 1.82) is 0 Å². The van der Waals surface area contributed by atoms with E-state index in [1.165, 1.54) is 7.11 Å². The van der Waals surface area contributed by atoms with Crippen LogP contribution >= 0.6 is 0 Å². The van der Waals surface area contributed by atoms with E-state index in [1.807, 2.05) is 0 Å². The Morgan fingerprint density at radius 3 is 2.44 bits per heavy atom. The number of methoxy groups -OCH3 is 1. The Hall–Kier alpha value is -0.650. The highest BCUT2D eigenvalue weighted by molar-refractivity contribution is 5.75. The second kappa shape index (κ2) is 6.18. The van der Waals surface area contributed by atoms with Gasteiger partial charge in [0.2, 0.25) is 0 Å². The van der Waals surface area contributed by atoms with Crippen LogP contribution in [-0.4, -0.2) is 59.5 Å². The number of hydrogen-bond acceptors (Lipinski definition) is 5. The predicted octanol–water partition coefficient (Wildman–Crippen LogP) is -0.244. The van der Waals surface area contributed by atoms with Crippen LogP contribution in [0.5, 0.6) is 0 Å². The molecule has 1 aliphatic heterocycles. The molecule has 3 atom stereocenters. The zero-order valence-electron chi connectivity index (χ0n) is 9.93. The summed E-state index contributed by atoms with van der Waals surface area (Å²) in [5.74, 6) is -0.283. The topological polar surface area (TPSA) is 70.0 Å². The third-order valence-electron chi connectivity index (χ3n) is 3.03. The van der Waals surface area contributed by atoms with Gasteiger partial charge in [-0.3, -0.25) is 9.69 Å². The van der Waals surface area contributed by atoms with Gasteiger partial charge >= 0.3 is 5.97 Å². The van der Waals surface area contributed by atoms with Gasteiger partial charge < -0.3 is 14.9 Å². The monoisotopic (exact) mass is 231 g/mol. The summed E-state index contributed by atoms with van der Waals surface area (Å²) in [7, 11) is 1.37. The first-order chi connectivity index (χ1) is 7.60. The Morgan fingerprint density at radius 2 is 2.00 bits per heavy atom. The van der Waals surface area contributed by atoms with E-state index < -0.39 is 12.2 Å². The summed E-state index contributed by atoms with van der Waals surface area (Å²) in [6.07, 6.45) is 1.14. The first-order valence-corrected chi connectivity index (χ1v) is 5.78. The van der Waals surface area contributed by atoms with Crippen molar-refractivity contribution < 1.29 is 19.7 Å². The number of aliphatic hydroxyl groups is 2. The minimum atomic E-state index is -0.756. The number of hydrogen-bond donors (Lipinski definition) is 2. The quantitative estimate of drug-likeness (QED) is 0.639. The lowest BCUT2D eigenvalue weighted by Crippen LogP contribution is -2.41. The van der Waals surface area contributed by atoms with Gasteiger partial charge in [-0.25, -0.2) is 0 Å². The summed E-state index contributed by atoms with van der Waals surface area (Å²) in [6.45, 7) is 2.73. The highest BCUT2D eigenvalue weighted by atomic mass is 16.5. The van der Waals surface area contributed by atoms with Gasteiger partial charge in [0, 0.05) is 13.1 Å². The average molecular weight is 231 g/mol. The highest BCUT2D eigenvalue weighted by Crippen LogP contribution is 2.18. The molecule has 1 saturated heterocycles. The van der Waals surface area contributed by atoms with E-state index in [2.05, 4.69) is 6.92 Å². The molecule has 3 unspecified atom stereocenters. The number of aliphatic hydroxyl groups excluding tert-OH is 2. The molecular weight excluding hydrogens is 210 g/mol. The maximum atomic E-state index is 11.6. The average Bonchev–Trinajstić information content (AvgIpc) is 2.59.